The van der Waals surface area contributed by atoms with Crippen molar-refractivity contribution in [2.75, 3.05) is 13.7 Å². The minimum atomic E-state index is -0.698. The Balaban J connectivity index is 2.01. The lowest BCUT2D eigenvalue weighted by atomic mass is 9.97. The second kappa shape index (κ2) is 6.57. The molecule has 5 heteroatoms. The van der Waals surface area contributed by atoms with E-state index in [-0.39, 0.29) is 5.97 Å². The molecule has 110 valence electrons. The van der Waals surface area contributed by atoms with Crippen LogP contribution in [0.4, 0.5) is 0 Å². The third kappa shape index (κ3) is 3.32. The number of carbonyl (C=O) groups excluding carboxylic acids is 1. The summed E-state index contributed by atoms with van der Waals surface area (Å²) in [6.07, 6.45) is 2.80. The average molecular weight is 298 g/mol. The number of hydrogen-bond acceptors (Lipinski definition) is 4. The Kier molecular flexibility index (Phi) is 5.02. The molecule has 1 aliphatic rings. The molecule has 0 aromatic heterocycles. The van der Waals surface area contributed by atoms with Crippen molar-refractivity contribution in [3.63, 3.8) is 0 Å². The van der Waals surface area contributed by atoms with E-state index in [1.54, 1.807) is 18.2 Å². The number of aliphatic hydroxyl groups excluding tert-OH is 1. The number of hydrogen-bond donors (Lipinski definition) is 2. The van der Waals surface area contributed by atoms with Crippen LogP contribution < -0.4 is 5.32 Å². The van der Waals surface area contributed by atoms with Crippen LogP contribution in [0.3, 0.4) is 0 Å². The molecule has 1 unspecified atom stereocenters. The summed E-state index contributed by atoms with van der Waals surface area (Å²) in [5.41, 5.74) is 0.0944. The maximum atomic E-state index is 12.0. The predicted octanol–water partition coefficient (Wildman–Crippen LogP) is 2.45. The van der Waals surface area contributed by atoms with Crippen molar-refractivity contribution in [3.05, 3.63) is 34.9 Å². The highest BCUT2D eigenvalue weighted by Gasteiger charge is 2.42. The quantitative estimate of drug-likeness (QED) is 0.820. The van der Waals surface area contributed by atoms with Gasteiger partial charge in [-0.15, -0.1) is 0 Å². The van der Waals surface area contributed by atoms with Gasteiger partial charge in [0.25, 0.3) is 0 Å². The molecule has 1 fully saturated rings. The van der Waals surface area contributed by atoms with Crippen LogP contribution in [0.15, 0.2) is 24.3 Å². The van der Waals surface area contributed by atoms with Crippen molar-refractivity contribution in [2.45, 2.75) is 37.3 Å². The van der Waals surface area contributed by atoms with Crippen molar-refractivity contribution in [3.8, 4) is 0 Å². The Labute approximate surface area is 124 Å². The summed E-state index contributed by atoms with van der Waals surface area (Å²) in [5, 5.41) is 14.0. The number of carbonyl (C=O) groups is 1. The van der Waals surface area contributed by atoms with E-state index in [0.29, 0.717) is 11.6 Å². The lowest BCUT2D eigenvalue weighted by Gasteiger charge is -2.28. The lowest BCUT2D eigenvalue weighted by Crippen LogP contribution is -2.51. The minimum absolute atomic E-state index is 0.242. The third-order valence-electron chi connectivity index (χ3n) is 3.90. The first-order chi connectivity index (χ1) is 9.57. The van der Waals surface area contributed by atoms with Crippen molar-refractivity contribution >= 4 is 17.6 Å². The summed E-state index contributed by atoms with van der Waals surface area (Å²) in [6.45, 7) is 0.301. The summed E-state index contributed by atoms with van der Waals surface area (Å²) in [6, 6.07) is 7.11. The Morgan fingerprint density at radius 2 is 2.20 bits per heavy atom. The Hall–Kier alpha value is -1.10. The fraction of sp³-hybridized carbons (Fsp3) is 0.533. The number of aliphatic hydroxyl groups is 1. The van der Waals surface area contributed by atoms with Crippen LogP contribution in [0.5, 0.6) is 0 Å². The maximum Gasteiger partial charge on any atom is 0.326 e. The molecule has 4 nitrogen and oxygen atoms in total. The number of ether oxygens (including phenoxy) is 1. The van der Waals surface area contributed by atoms with E-state index in [4.69, 9.17) is 16.3 Å². The van der Waals surface area contributed by atoms with E-state index in [0.717, 1.165) is 31.2 Å². The van der Waals surface area contributed by atoms with Crippen LogP contribution >= 0.6 is 11.6 Å². The maximum absolute atomic E-state index is 12.0. The highest BCUT2D eigenvalue weighted by atomic mass is 35.5. The molecule has 2 rings (SSSR count). The highest BCUT2D eigenvalue weighted by Crippen LogP contribution is 2.31. The van der Waals surface area contributed by atoms with E-state index >= 15 is 0 Å². The summed E-state index contributed by atoms with van der Waals surface area (Å²) in [5.74, 6) is -0.242. The SMILES string of the molecule is COC(=O)C1(NCC(O)c2cccc(Cl)c2)CCCC1. The van der Waals surface area contributed by atoms with Crippen molar-refractivity contribution < 1.29 is 14.6 Å². The second-order valence-electron chi connectivity index (χ2n) is 5.23. The highest BCUT2D eigenvalue weighted by molar-refractivity contribution is 6.30. The van der Waals surface area contributed by atoms with Crippen LogP contribution in [0.2, 0.25) is 5.02 Å². The third-order valence-corrected chi connectivity index (χ3v) is 4.14. The van der Waals surface area contributed by atoms with Crippen LogP contribution in [-0.2, 0) is 9.53 Å². The van der Waals surface area contributed by atoms with Gasteiger partial charge in [-0.05, 0) is 30.5 Å². The van der Waals surface area contributed by atoms with Gasteiger partial charge < -0.3 is 9.84 Å². The number of benzene rings is 1. The predicted molar refractivity (Wildman–Crippen MR) is 77.6 cm³/mol. The number of esters is 1. The van der Waals surface area contributed by atoms with Crippen LogP contribution in [0, 0.1) is 0 Å². The molecular weight excluding hydrogens is 278 g/mol. The van der Waals surface area contributed by atoms with Gasteiger partial charge in [0, 0.05) is 11.6 Å². The van der Waals surface area contributed by atoms with Gasteiger partial charge in [-0.2, -0.15) is 0 Å². The van der Waals surface area contributed by atoms with Gasteiger partial charge in [0.15, 0.2) is 0 Å². The van der Waals surface area contributed by atoms with Crippen LogP contribution in [0.1, 0.15) is 37.4 Å². The van der Waals surface area contributed by atoms with Gasteiger partial charge in [0.2, 0.25) is 0 Å². The smallest absolute Gasteiger partial charge is 0.326 e. The molecule has 1 atom stereocenters. The van der Waals surface area contributed by atoms with Crippen LogP contribution in [0.25, 0.3) is 0 Å². The first-order valence-corrected chi connectivity index (χ1v) is 7.22. The number of rotatable bonds is 5. The standard InChI is InChI=1S/C15H20ClNO3/c1-20-14(19)15(7-2-3-8-15)17-10-13(18)11-5-4-6-12(16)9-11/h4-6,9,13,17-18H,2-3,7-8,10H2,1H3. The van der Waals surface area contributed by atoms with Crippen molar-refractivity contribution in [2.24, 2.45) is 0 Å². The molecule has 0 saturated heterocycles. The van der Waals surface area contributed by atoms with Crippen LogP contribution in [-0.4, -0.2) is 30.3 Å². The molecular formula is C15H20ClNO3. The van der Waals surface area contributed by atoms with E-state index in [1.807, 2.05) is 6.07 Å². The van der Waals surface area contributed by atoms with E-state index in [2.05, 4.69) is 5.32 Å². The Morgan fingerprint density at radius 3 is 2.80 bits per heavy atom. The van der Waals surface area contributed by atoms with Gasteiger partial charge in [-0.1, -0.05) is 36.6 Å². The number of nitrogens with one attached hydrogen (secondary N) is 1. The summed E-state index contributed by atoms with van der Waals surface area (Å²) < 4.78 is 4.89. The molecule has 0 radical (unpaired) electrons. The monoisotopic (exact) mass is 297 g/mol. The summed E-state index contributed by atoms with van der Waals surface area (Å²) in [4.78, 5) is 12.0. The van der Waals surface area contributed by atoms with E-state index < -0.39 is 11.6 Å². The normalized spacial score (nSPS) is 18.8. The fourth-order valence-corrected chi connectivity index (χ4v) is 2.95. The minimum Gasteiger partial charge on any atom is -0.468 e. The van der Waals surface area contributed by atoms with Gasteiger partial charge in [-0.3, -0.25) is 10.1 Å². The fourth-order valence-electron chi connectivity index (χ4n) is 2.75. The topological polar surface area (TPSA) is 58.6 Å². The summed E-state index contributed by atoms with van der Waals surface area (Å²) >= 11 is 5.91. The van der Waals surface area contributed by atoms with Gasteiger partial charge in [-0.25, -0.2) is 0 Å². The average Bonchev–Trinajstić information content (AvgIpc) is 2.94. The molecule has 1 saturated carbocycles. The second-order valence-corrected chi connectivity index (χ2v) is 5.67. The zero-order chi connectivity index (χ0) is 14.6. The summed E-state index contributed by atoms with van der Waals surface area (Å²) in [7, 11) is 1.40. The largest absolute Gasteiger partial charge is 0.468 e. The molecule has 1 aromatic rings. The molecule has 2 N–H and O–H groups in total. The molecule has 0 bridgehead atoms. The molecule has 20 heavy (non-hydrogen) atoms. The lowest BCUT2D eigenvalue weighted by molar-refractivity contribution is -0.148. The molecule has 0 aliphatic heterocycles. The Morgan fingerprint density at radius 1 is 1.50 bits per heavy atom. The molecule has 0 spiro atoms. The zero-order valence-electron chi connectivity index (χ0n) is 11.6. The van der Waals surface area contributed by atoms with Gasteiger partial charge in [0.05, 0.1) is 13.2 Å². The number of β-amino-alcohol motifs (C(OH)–C–C–N with tert-alkyl or cyclic N) is 1. The Bertz CT molecular complexity index is 472. The molecule has 1 aromatic carbocycles. The molecule has 0 heterocycles. The van der Waals surface area contributed by atoms with Crippen molar-refractivity contribution in [1.82, 2.24) is 5.32 Å². The first-order valence-electron chi connectivity index (χ1n) is 6.84. The number of methoxy groups -OCH3 is 1. The zero-order valence-corrected chi connectivity index (χ0v) is 12.3. The molecule has 0 amide bonds. The molecule has 1 aliphatic carbocycles. The van der Waals surface area contributed by atoms with Gasteiger partial charge in [0.1, 0.15) is 5.54 Å². The number of halogens is 1. The van der Waals surface area contributed by atoms with E-state index in [9.17, 15) is 9.90 Å². The van der Waals surface area contributed by atoms with Crippen molar-refractivity contribution in [1.29, 1.82) is 0 Å². The van der Waals surface area contributed by atoms with Gasteiger partial charge >= 0.3 is 5.97 Å². The first kappa shape index (κ1) is 15.3. The van der Waals surface area contributed by atoms with E-state index in [1.165, 1.54) is 7.11 Å².